The molecule has 1 heterocycles. The molecular weight excluding hydrogens is 180 g/mol. The Balaban J connectivity index is 2.56. The molecule has 1 unspecified atom stereocenters. The van der Waals surface area contributed by atoms with Crippen LogP contribution in [0.1, 0.15) is 26.7 Å². The van der Waals surface area contributed by atoms with Crippen molar-refractivity contribution in [2.45, 2.75) is 38.3 Å². The molecule has 0 radical (unpaired) electrons. The quantitative estimate of drug-likeness (QED) is 0.700. The van der Waals surface area contributed by atoms with Gasteiger partial charge in [-0.25, -0.2) is 0 Å². The van der Waals surface area contributed by atoms with E-state index >= 15 is 0 Å². The molecule has 0 bridgehead atoms. The molecule has 0 aromatic heterocycles. The normalized spacial score (nSPS) is 23.7. The fourth-order valence-corrected chi connectivity index (χ4v) is 1.72. The van der Waals surface area contributed by atoms with Gasteiger partial charge in [0.05, 0.1) is 11.6 Å². The maximum absolute atomic E-state index is 11.8. The first-order chi connectivity index (χ1) is 6.45. The number of nitrogens with zero attached hydrogens (tertiary/aromatic N) is 1. The van der Waals surface area contributed by atoms with E-state index in [-0.39, 0.29) is 12.0 Å². The molecule has 1 aliphatic heterocycles. The third-order valence-corrected chi connectivity index (χ3v) is 2.55. The van der Waals surface area contributed by atoms with Crippen molar-refractivity contribution < 1.29 is 9.53 Å². The van der Waals surface area contributed by atoms with Crippen molar-refractivity contribution in [1.82, 2.24) is 4.90 Å². The van der Waals surface area contributed by atoms with Crippen molar-refractivity contribution in [3.63, 3.8) is 0 Å². The van der Waals surface area contributed by atoms with Crippen molar-refractivity contribution in [1.29, 1.82) is 0 Å². The summed E-state index contributed by atoms with van der Waals surface area (Å²) in [5, 5.41) is 0. The van der Waals surface area contributed by atoms with Crippen LogP contribution in [0.5, 0.6) is 0 Å². The Morgan fingerprint density at radius 1 is 1.57 bits per heavy atom. The lowest BCUT2D eigenvalue weighted by atomic mass is 10.0. The molecule has 1 aliphatic rings. The van der Waals surface area contributed by atoms with Crippen LogP contribution in [-0.2, 0) is 9.53 Å². The smallest absolute Gasteiger partial charge is 0.242 e. The van der Waals surface area contributed by atoms with Crippen molar-refractivity contribution in [2.75, 3.05) is 20.2 Å². The monoisotopic (exact) mass is 200 g/mol. The third kappa shape index (κ3) is 2.69. The molecule has 1 amide bonds. The minimum absolute atomic E-state index is 0.0132. The highest BCUT2D eigenvalue weighted by Gasteiger charge is 2.31. The van der Waals surface area contributed by atoms with Crippen molar-refractivity contribution >= 4 is 5.91 Å². The summed E-state index contributed by atoms with van der Waals surface area (Å²) in [4.78, 5) is 13.6. The number of rotatable bonds is 2. The first kappa shape index (κ1) is 11.5. The lowest BCUT2D eigenvalue weighted by Crippen LogP contribution is -2.54. The minimum atomic E-state index is -0.768. The molecule has 2 N–H and O–H groups in total. The average molecular weight is 200 g/mol. The van der Waals surface area contributed by atoms with Gasteiger partial charge in [0.25, 0.3) is 0 Å². The molecule has 0 spiro atoms. The van der Waals surface area contributed by atoms with Gasteiger partial charge < -0.3 is 15.4 Å². The van der Waals surface area contributed by atoms with Gasteiger partial charge in [0, 0.05) is 20.2 Å². The van der Waals surface area contributed by atoms with Gasteiger partial charge in [0.1, 0.15) is 0 Å². The Bertz CT molecular complexity index is 211. The number of amides is 1. The Morgan fingerprint density at radius 3 is 2.71 bits per heavy atom. The van der Waals surface area contributed by atoms with Crippen LogP contribution in [0.4, 0.5) is 0 Å². The van der Waals surface area contributed by atoms with Crippen molar-refractivity contribution in [2.24, 2.45) is 5.73 Å². The van der Waals surface area contributed by atoms with Gasteiger partial charge in [-0.2, -0.15) is 0 Å². The number of carbonyl (C=O) groups excluding carboxylic acids is 1. The molecule has 4 heteroatoms. The Labute approximate surface area is 85.4 Å². The number of nitrogens with two attached hydrogens (primary N) is 1. The van der Waals surface area contributed by atoms with Crippen LogP contribution in [0.15, 0.2) is 0 Å². The number of hydrogen-bond donors (Lipinski definition) is 1. The highest BCUT2D eigenvalue weighted by molar-refractivity contribution is 5.85. The molecule has 14 heavy (non-hydrogen) atoms. The SMILES string of the molecule is COC1CCCN(C(=O)C(C)(C)N)C1. The molecule has 0 aromatic carbocycles. The minimum Gasteiger partial charge on any atom is -0.380 e. The summed E-state index contributed by atoms with van der Waals surface area (Å²) in [5.41, 5.74) is 5.00. The van der Waals surface area contributed by atoms with Crippen LogP contribution >= 0.6 is 0 Å². The number of methoxy groups -OCH3 is 1. The van der Waals surface area contributed by atoms with E-state index in [1.54, 1.807) is 25.9 Å². The molecule has 4 nitrogen and oxygen atoms in total. The van der Waals surface area contributed by atoms with E-state index in [4.69, 9.17) is 10.5 Å². The predicted molar refractivity (Wildman–Crippen MR) is 54.9 cm³/mol. The number of ether oxygens (including phenoxy) is 1. The van der Waals surface area contributed by atoms with Crippen molar-refractivity contribution in [3.05, 3.63) is 0 Å². The van der Waals surface area contributed by atoms with E-state index in [9.17, 15) is 4.79 Å². The molecule has 82 valence electrons. The summed E-state index contributed by atoms with van der Waals surface area (Å²) in [7, 11) is 1.69. The van der Waals surface area contributed by atoms with Crippen LogP contribution < -0.4 is 5.73 Å². The van der Waals surface area contributed by atoms with E-state index in [0.717, 1.165) is 19.4 Å². The van der Waals surface area contributed by atoms with Crippen LogP contribution in [-0.4, -0.2) is 42.6 Å². The number of carbonyl (C=O) groups is 1. The first-order valence-corrected chi connectivity index (χ1v) is 5.06. The molecule has 1 saturated heterocycles. The number of piperidine rings is 1. The highest BCUT2D eigenvalue weighted by Crippen LogP contribution is 2.15. The fourth-order valence-electron chi connectivity index (χ4n) is 1.72. The van der Waals surface area contributed by atoms with E-state index in [1.165, 1.54) is 0 Å². The van der Waals surface area contributed by atoms with Gasteiger partial charge in [0.2, 0.25) is 5.91 Å². The first-order valence-electron chi connectivity index (χ1n) is 5.06. The molecule has 1 fully saturated rings. The third-order valence-electron chi connectivity index (χ3n) is 2.55. The highest BCUT2D eigenvalue weighted by atomic mass is 16.5. The zero-order valence-corrected chi connectivity index (χ0v) is 9.25. The Hall–Kier alpha value is -0.610. The van der Waals surface area contributed by atoms with Gasteiger partial charge in [-0.1, -0.05) is 0 Å². The average Bonchev–Trinajstić information content (AvgIpc) is 2.15. The summed E-state index contributed by atoms with van der Waals surface area (Å²) in [6, 6.07) is 0. The fraction of sp³-hybridized carbons (Fsp3) is 0.900. The standard InChI is InChI=1S/C10H20N2O2/c1-10(2,11)9(13)12-6-4-5-8(7-12)14-3/h8H,4-7,11H2,1-3H3. The maximum atomic E-state index is 11.8. The van der Waals surface area contributed by atoms with E-state index < -0.39 is 5.54 Å². The van der Waals surface area contributed by atoms with Gasteiger partial charge in [-0.05, 0) is 26.7 Å². The van der Waals surface area contributed by atoms with Crippen LogP contribution in [0, 0.1) is 0 Å². The predicted octanol–water partition coefficient (Wildman–Crippen LogP) is 0.361. The van der Waals surface area contributed by atoms with Gasteiger partial charge in [-0.3, -0.25) is 4.79 Å². The number of likely N-dealkylation sites (tertiary alicyclic amines) is 1. The van der Waals surface area contributed by atoms with Gasteiger partial charge >= 0.3 is 0 Å². The topological polar surface area (TPSA) is 55.6 Å². The zero-order valence-electron chi connectivity index (χ0n) is 9.25. The van der Waals surface area contributed by atoms with Crippen LogP contribution in [0.25, 0.3) is 0 Å². The summed E-state index contributed by atoms with van der Waals surface area (Å²) in [5.74, 6) is 0.0132. The second kappa shape index (κ2) is 4.28. The number of hydrogen-bond acceptors (Lipinski definition) is 3. The molecule has 1 rings (SSSR count). The van der Waals surface area contributed by atoms with Crippen LogP contribution in [0.2, 0.25) is 0 Å². The largest absolute Gasteiger partial charge is 0.380 e. The summed E-state index contributed by atoms with van der Waals surface area (Å²) >= 11 is 0. The maximum Gasteiger partial charge on any atom is 0.242 e. The lowest BCUT2D eigenvalue weighted by molar-refractivity contribution is -0.139. The molecule has 0 aliphatic carbocycles. The lowest BCUT2D eigenvalue weighted by Gasteiger charge is -2.35. The second-order valence-corrected chi connectivity index (χ2v) is 4.47. The second-order valence-electron chi connectivity index (χ2n) is 4.47. The van der Waals surface area contributed by atoms with E-state index in [0.29, 0.717) is 6.54 Å². The van der Waals surface area contributed by atoms with Gasteiger partial charge in [-0.15, -0.1) is 0 Å². The molecule has 0 saturated carbocycles. The van der Waals surface area contributed by atoms with Gasteiger partial charge in [0.15, 0.2) is 0 Å². The van der Waals surface area contributed by atoms with Crippen LogP contribution in [0.3, 0.4) is 0 Å². The van der Waals surface area contributed by atoms with E-state index in [2.05, 4.69) is 0 Å². The summed E-state index contributed by atoms with van der Waals surface area (Å²) in [6.45, 7) is 4.97. The van der Waals surface area contributed by atoms with Crippen molar-refractivity contribution in [3.8, 4) is 0 Å². The van der Waals surface area contributed by atoms with E-state index in [1.807, 2.05) is 0 Å². The Kier molecular flexibility index (Phi) is 3.50. The zero-order chi connectivity index (χ0) is 10.8. The Morgan fingerprint density at radius 2 is 2.21 bits per heavy atom. The molecule has 0 aromatic rings. The molecular formula is C10H20N2O2. The summed E-state index contributed by atoms with van der Waals surface area (Å²) < 4.78 is 5.25. The summed E-state index contributed by atoms with van der Waals surface area (Å²) in [6.07, 6.45) is 2.21. The molecule has 1 atom stereocenters.